The normalized spacial score (nSPS) is 17.7. The minimum Gasteiger partial charge on any atom is -0.338 e. The number of hydrogen-bond donors (Lipinski definition) is 1. The number of sulfone groups is 1. The lowest BCUT2D eigenvalue weighted by Crippen LogP contribution is -2.30. The van der Waals surface area contributed by atoms with Gasteiger partial charge in [-0.05, 0) is 50.9 Å². The second-order valence-electron chi connectivity index (χ2n) is 7.37. The Kier molecular flexibility index (Phi) is 5.76. The van der Waals surface area contributed by atoms with E-state index in [4.69, 9.17) is 0 Å². The summed E-state index contributed by atoms with van der Waals surface area (Å²) in [5.74, 6) is 0.599. The third-order valence-electron chi connectivity index (χ3n) is 4.74. The maximum atomic E-state index is 12.2. The third-order valence-corrected chi connectivity index (χ3v) is 5.86. The van der Waals surface area contributed by atoms with Crippen molar-refractivity contribution in [1.82, 2.24) is 20.3 Å². The summed E-state index contributed by atoms with van der Waals surface area (Å²) in [4.78, 5) is 15.7. The van der Waals surface area contributed by atoms with Crippen LogP contribution in [0.1, 0.15) is 41.4 Å². The molecule has 0 bridgehead atoms. The van der Waals surface area contributed by atoms with Gasteiger partial charge in [-0.15, -0.1) is 0 Å². The van der Waals surface area contributed by atoms with Crippen LogP contribution in [0.5, 0.6) is 0 Å². The van der Waals surface area contributed by atoms with Gasteiger partial charge in [0.25, 0.3) is 0 Å². The second kappa shape index (κ2) is 7.90. The number of rotatable bonds is 5. The maximum Gasteiger partial charge on any atom is 0.225 e. The van der Waals surface area contributed by atoms with Crippen LogP contribution in [0, 0.1) is 13.8 Å². The average Bonchev–Trinajstić information content (AvgIpc) is 2.60. The molecular weight excluding hydrogens is 362 g/mol. The van der Waals surface area contributed by atoms with Gasteiger partial charge in [0.2, 0.25) is 5.95 Å². The molecule has 1 fully saturated rings. The van der Waals surface area contributed by atoms with Crippen LogP contribution >= 0.6 is 0 Å². The number of nitrogens with zero attached hydrogens (tertiary/aromatic N) is 4. The van der Waals surface area contributed by atoms with Crippen LogP contribution in [0.25, 0.3) is 0 Å². The van der Waals surface area contributed by atoms with E-state index in [2.05, 4.69) is 20.3 Å². The molecular formula is C19H27N5O2S. The van der Waals surface area contributed by atoms with Gasteiger partial charge in [-0.3, -0.25) is 4.98 Å². The van der Waals surface area contributed by atoms with E-state index < -0.39 is 9.84 Å². The molecule has 1 atom stereocenters. The predicted molar refractivity (Wildman–Crippen MR) is 106 cm³/mol. The molecule has 1 aliphatic heterocycles. The van der Waals surface area contributed by atoms with Crippen molar-refractivity contribution in [3.8, 4) is 0 Å². The summed E-state index contributed by atoms with van der Waals surface area (Å²) in [5, 5.41) is 3.33. The lowest BCUT2D eigenvalue weighted by molar-refractivity contribution is 0.447. The average molecular weight is 390 g/mol. The van der Waals surface area contributed by atoms with Crippen molar-refractivity contribution in [1.29, 1.82) is 0 Å². The Morgan fingerprint density at radius 3 is 2.67 bits per heavy atom. The third kappa shape index (κ3) is 4.81. The smallest absolute Gasteiger partial charge is 0.225 e. The lowest BCUT2D eigenvalue weighted by Gasteiger charge is -2.25. The zero-order valence-corrected chi connectivity index (χ0v) is 17.2. The number of pyridine rings is 1. The van der Waals surface area contributed by atoms with E-state index in [1.54, 1.807) is 0 Å². The van der Waals surface area contributed by atoms with Gasteiger partial charge in [-0.25, -0.2) is 18.4 Å². The summed E-state index contributed by atoms with van der Waals surface area (Å²) >= 11 is 0. The molecule has 0 spiro atoms. The van der Waals surface area contributed by atoms with Gasteiger partial charge in [0.05, 0.1) is 24.1 Å². The van der Waals surface area contributed by atoms with Crippen LogP contribution in [-0.2, 0) is 16.4 Å². The quantitative estimate of drug-likeness (QED) is 0.837. The van der Waals surface area contributed by atoms with Crippen molar-refractivity contribution in [2.45, 2.75) is 44.0 Å². The van der Waals surface area contributed by atoms with Crippen molar-refractivity contribution in [2.75, 3.05) is 31.3 Å². The van der Waals surface area contributed by atoms with Crippen LogP contribution < -0.4 is 10.2 Å². The van der Waals surface area contributed by atoms with E-state index in [-0.39, 0.29) is 10.8 Å². The Morgan fingerprint density at radius 2 is 2.04 bits per heavy atom. The molecule has 3 rings (SSSR count). The van der Waals surface area contributed by atoms with Gasteiger partial charge in [-0.1, -0.05) is 0 Å². The Bertz CT molecular complexity index is 903. The molecule has 0 unspecified atom stereocenters. The fraction of sp³-hybridized carbons (Fsp3) is 0.526. The highest BCUT2D eigenvalue weighted by Crippen LogP contribution is 2.28. The highest BCUT2D eigenvalue weighted by molar-refractivity contribution is 7.90. The van der Waals surface area contributed by atoms with Gasteiger partial charge in [0, 0.05) is 31.5 Å². The van der Waals surface area contributed by atoms with Crippen molar-refractivity contribution in [3.63, 3.8) is 0 Å². The first-order valence-electron chi connectivity index (χ1n) is 9.17. The van der Waals surface area contributed by atoms with E-state index in [1.807, 2.05) is 37.9 Å². The molecule has 2 aromatic rings. The molecule has 1 aliphatic rings. The van der Waals surface area contributed by atoms with Crippen LogP contribution in [-0.4, -0.2) is 49.8 Å². The summed E-state index contributed by atoms with van der Waals surface area (Å²) < 4.78 is 24.4. The Morgan fingerprint density at radius 1 is 1.26 bits per heavy atom. The fourth-order valence-corrected chi connectivity index (χ4v) is 4.38. The Hall–Kier alpha value is -2.06. The molecule has 0 aliphatic carbocycles. The van der Waals surface area contributed by atoms with E-state index >= 15 is 0 Å². The van der Waals surface area contributed by atoms with Crippen LogP contribution in [0.4, 0.5) is 5.95 Å². The van der Waals surface area contributed by atoms with E-state index in [9.17, 15) is 8.42 Å². The number of anilines is 1. The van der Waals surface area contributed by atoms with E-state index in [1.165, 1.54) is 12.5 Å². The standard InChI is InChI=1S/C19H27N5O2S/c1-13-8-14(2)22-16(9-13)12-24(3)19-21-11-17(27(4,25)26)18(23-19)15-6-5-7-20-10-15/h8-9,11,15,20H,5-7,10,12H2,1-4H3/t15-/m1/s1. The van der Waals surface area contributed by atoms with Gasteiger partial charge < -0.3 is 10.2 Å². The molecule has 8 heteroatoms. The molecule has 3 heterocycles. The Balaban J connectivity index is 1.93. The number of hydrogen-bond acceptors (Lipinski definition) is 7. The molecule has 0 saturated carbocycles. The number of nitrogens with one attached hydrogen (secondary N) is 1. The first-order chi connectivity index (χ1) is 12.7. The molecule has 0 amide bonds. The minimum atomic E-state index is -3.38. The summed E-state index contributed by atoms with van der Waals surface area (Å²) in [6.07, 6.45) is 4.60. The summed E-state index contributed by atoms with van der Waals surface area (Å²) in [5.41, 5.74) is 3.69. The Labute approximate surface area is 161 Å². The molecule has 1 N–H and O–H groups in total. The first kappa shape index (κ1) is 19.7. The van der Waals surface area contributed by atoms with Gasteiger partial charge in [0.15, 0.2) is 9.84 Å². The highest BCUT2D eigenvalue weighted by atomic mass is 32.2. The lowest BCUT2D eigenvalue weighted by atomic mass is 9.96. The summed E-state index contributed by atoms with van der Waals surface area (Å²) in [6.45, 7) is 6.27. The van der Waals surface area contributed by atoms with Gasteiger partial charge in [0.1, 0.15) is 4.90 Å². The molecule has 0 radical (unpaired) electrons. The van der Waals surface area contributed by atoms with Gasteiger partial charge in [-0.2, -0.15) is 0 Å². The summed E-state index contributed by atoms with van der Waals surface area (Å²) in [7, 11) is -1.48. The fourth-order valence-electron chi connectivity index (χ4n) is 3.54. The van der Waals surface area contributed by atoms with Crippen LogP contribution in [0.15, 0.2) is 23.2 Å². The monoisotopic (exact) mass is 389 g/mol. The number of aryl methyl sites for hydroxylation is 2. The second-order valence-corrected chi connectivity index (χ2v) is 9.35. The van der Waals surface area contributed by atoms with Crippen molar-refractivity contribution >= 4 is 15.8 Å². The predicted octanol–water partition coefficient (Wildman–Crippen LogP) is 2.00. The van der Waals surface area contributed by atoms with E-state index in [0.717, 1.165) is 42.9 Å². The van der Waals surface area contributed by atoms with Crippen molar-refractivity contribution < 1.29 is 8.42 Å². The number of piperidine rings is 1. The van der Waals surface area contributed by atoms with Crippen molar-refractivity contribution in [2.24, 2.45) is 0 Å². The highest BCUT2D eigenvalue weighted by Gasteiger charge is 2.26. The topological polar surface area (TPSA) is 88.1 Å². The molecule has 1 saturated heterocycles. The summed E-state index contributed by atoms with van der Waals surface area (Å²) in [6, 6.07) is 4.08. The maximum absolute atomic E-state index is 12.2. The van der Waals surface area contributed by atoms with Crippen LogP contribution in [0.2, 0.25) is 0 Å². The first-order valence-corrected chi connectivity index (χ1v) is 11.1. The largest absolute Gasteiger partial charge is 0.338 e. The zero-order chi connectivity index (χ0) is 19.6. The number of aromatic nitrogens is 3. The molecule has 7 nitrogen and oxygen atoms in total. The van der Waals surface area contributed by atoms with Gasteiger partial charge >= 0.3 is 0 Å². The SMILES string of the molecule is Cc1cc(C)nc(CN(C)c2ncc(S(C)(=O)=O)c([C@@H]3CCCNC3)n2)c1. The molecule has 2 aromatic heterocycles. The molecule has 27 heavy (non-hydrogen) atoms. The van der Waals surface area contributed by atoms with E-state index in [0.29, 0.717) is 18.2 Å². The minimum absolute atomic E-state index is 0.0814. The molecule has 146 valence electrons. The zero-order valence-electron chi connectivity index (χ0n) is 16.4. The van der Waals surface area contributed by atoms with Crippen molar-refractivity contribution in [3.05, 3.63) is 41.0 Å². The molecule has 0 aromatic carbocycles. The van der Waals surface area contributed by atoms with Crippen LogP contribution in [0.3, 0.4) is 0 Å².